The van der Waals surface area contributed by atoms with Gasteiger partial charge in [-0.25, -0.2) is 8.42 Å². The largest absolute Gasteiger partial charge is 0.486 e. The predicted molar refractivity (Wildman–Crippen MR) is 102 cm³/mol. The number of hydrogen-bond acceptors (Lipinski definition) is 8. The van der Waals surface area contributed by atoms with Gasteiger partial charge in [0.05, 0.1) is 28.2 Å². The lowest BCUT2D eigenvalue weighted by Crippen LogP contribution is -2.37. The van der Waals surface area contributed by atoms with Crippen molar-refractivity contribution in [2.24, 2.45) is 0 Å². The van der Waals surface area contributed by atoms with Gasteiger partial charge in [0, 0.05) is 12.1 Å². The van der Waals surface area contributed by atoms with Gasteiger partial charge in [0.1, 0.15) is 19.8 Å². The number of ether oxygens (including phenoxy) is 3. The second-order valence-electron chi connectivity index (χ2n) is 6.07. The first-order valence-corrected chi connectivity index (χ1v) is 9.93. The number of benzene rings is 2. The number of nitro groups is 1. The van der Waals surface area contributed by atoms with E-state index in [1.807, 2.05) is 0 Å². The minimum Gasteiger partial charge on any atom is -0.486 e. The third-order valence-electron chi connectivity index (χ3n) is 4.34. The highest BCUT2D eigenvalue weighted by Gasteiger charge is 2.31. The maximum absolute atomic E-state index is 13.4. The van der Waals surface area contributed by atoms with Gasteiger partial charge in [-0.2, -0.15) is 0 Å². The molecule has 10 nitrogen and oxygen atoms in total. The number of carbonyl (C=O) groups excluding carboxylic acids is 1. The van der Waals surface area contributed by atoms with Crippen LogP contribution in [0.1, 0.15) is 5.56 Å². The number of sulfonamides is 1. The Hall–Kier alpha value is -3.34. The normalized spacial score (nSPS) is 12.9. The highest BCUT2D eigenvalue weighted by molar-refractivity contribution is 7.92. The van der Waals surface area contributed by atoms with Crippen molar-refractivity contribution in [3.05, 3.63) is 52.1 Å². The van der Waals surface area contributed by atoms with Crippen LogP contribution in [0.4, 0.5) is 11.4 Å². The number of carbonyl (C=O) groups is 1. The summed E-state index contributed by atoms with van der Waals surface area (Å²) >= 11 is 0. The lowest BCUT2D eigenvalue weighted by Gasteiger charge is -2.25. The van der Waals surface area contributed by atoms with E-state index in [9.17, 15) is 23.3 Å². The standard InChI is InChI=1S/C18H18N2O8S/c1-12-14(4-3-5-15(12)20(22)23)19(11-18(21)26-2)29(24,25)13-6-7-16-17(10-13)28-9-8-27-16/h3-7,10H,8-9,11H2,1-2H3. The van der Waals surface area contributed by atoms with Crippen LogP contribution in [0.15, 0.2) is 41.3 Å². The van der Waals surface area contributed by atoms with Crippen LogP contribution < -0.4 is 13.8 Å². The molecular weight excluding hydrogens is 404 g/mol. The minimum atomic E-state index is -4.28. The number of hydrogen-bond donors (Lipinski definition) is 0. The van der Waals surface area contributed by atoms with Crippen LogP contribution in [0.3, 0.4) is 0 Å². The van der Waals surface area contributed by atoms with Gasteiger partial charge in [-0.3, -0.25) is 19.2 Å². The van der Waals surface area contributed by atoms with Crippen LogP contribution in [0.25, 0.3) is 0 Å². The van der Waals surface area contributed by atoms with Crippen LogP contribution >= 0.6 is 0 Å². The van der Waals surface area contributed by atoms with Crippen molar-refractivity contribution in [2.75, 3.05) is 31.2 Å². The molecule has 0 aliphatic carbocycles. The number of nitro benzene ring substituents is 1. The fourth-order valence-electron chi connectivity index (χ4n) is 2.87. The Morgan fingerprint density at radius 3 is 2.55 bits per heavy atom. The van der Waals surface area contributed by atoms with Gasteiger partial charge in [0.25, 0.3) is 15.7 Å². The van der Waals surface area contributed by atoms with Gasteiger partial charge in [0.2, 0.25) is 0 Å². The zero-order chi connectivity index (χ0) is 21.2. The van der Waals surface area contributed by atoms with E-state index in [0.717, 1.165) is 11.4 Å². The maximum Gasteiger partial charge on any atom is 0.326 e. The highest BCUT2D eigenvalue weighted by atomic mass is 32.2. The molecule has 0 saturated carbocycles. The number of fused-ring (bicyclic) bond motifs is 1. The summed E-state index contributed by atoms with van der Waals surface area (Å²) in [5.74, 6) is -0.163. The number of methoxy groups -OCH3 is 1. The molecule has 1 heterocycles. The van der Waals surface area contributed by atoms with Gasteiger partial charge in [-0.05, 0) is 25.1 Å². The second kappa shape index (κ2) is 7.95. The third-order valence-corrected chi connectivity index (χ3v) is 6.10. The second-order valence-corrected chi connectivity index (χ2v) is 7.93. The zero-order valence-corrected chi connectivity index (χ0v) is 16.5. The molecule has 2 aromatic rings. The fraction of sp³-hybridized carbons (Fsp3) is 0.278. The molecule has 29 heavy (non-hydrogen) atoms. The smallest absolute Gasteiger partial charge is 0.326 e. The van der Waals surface area contributed by atoms with E-state index >= 15 is 0 Å². The molecule has 3 rings (SSSR count). The molecule has 0 aromatic heterocycles. The molecule has 1 aliphatic rings. The molecule has 154 valence electrons. The van der Waals surface area contributed by atoms with Gasteiger partial charge in [-0.15, -0.1) is 0 Å². The quantitative estimate of drug-likeness (QED) is 0.393. The van der Waals surface area contributed by atoms with E-state index in [-0.39, 0.29) is 34.2 Å². The van der Waals surface area contributed by atoms with Gasteiger partial charge < -0.3 is 14.2 Å². The van der Waals surface area contributed by atoms with E-state index in [4.69, 9.17) is 9.47 Å². The molecule has 0 radical (unpaired) electrons. The number of anilines is 1. The fourth-order valence-corrected chi connectivity index (χ4v) is 4.35. The number of rotatable bonds is 6. The maximum atomic E-state index is 13.4. The first kappa shape index (κ1) is 20.4. The van der Waals surface area contributed by atoms with Crippen LogP contribution in [0, 0.1) is 17.0 Å². The zero-order valence-electron chi connectivity index (χ0n) is 15.7. The molecule has 0 saturated heterocycles. The van der Waals surface area contributed by atoms with Crippen molar-refractivity contribution in [2.45, 2.75) is 11.8 Å². The van der Waals surface area contributed by atoms with Crippen molar-refractivity contribution < 1.29 is 32.3 Å². The number of esters is 1. The Morgan fingerprint density at radius 1 is 1.21 bits per heavy atom. The third kappa shape index (κ3) is 3.94. The van der Waals surface area contributed by atoms with E-state index in [0.29, 0.717) is 12.4 Å². The molecule has 11 heteroatoms. The summed E-state index contributed by atoms with van der Waals surface area (Å²) in [6.07, 6.45) is 0. The summed E-state index contributed by atoms with van der Waals surface area (Å²) in [4.78, 5) is 22.4. The van der Waals surface area contributed by atoms with Crippen molar-refractivity contribution in [3.8, 4) is 11.5 Å². The summed E-state index contributed by atoms with van der Waals surface area (Å²) in [5.41, 5.74) is -0.170. The molecule has 0 unspecified atom stereocenters. The van der Waals surface area contributed by atoms with Gasteiger partial charge >= 0.3 is 5.97 Å². The molecule has 1 aliphatic heterocycles. The van der Waals surface area contributed by atoms with Crippen LogP contribution in [0.2, 0.25) is 0 Å². The first-order valence-electron chi connectivity index (χ1n) is 8.49. The van der Waals surface area contributed by atoms with Crippen LogP contribution in [0.5, 0.6) is 11.5 Å². The summed E-state index contributed by atoms with van der Waals surface area (Å²) < 4.78 is 42.9. The summed E-state index contributed by atoms with van der Waals surface area (Å²) in [5, 5.41) is 11.3. The monoisotopic (exact) mass is 422 g/mol. The molecule has 0 spiro atoms. The first-order chi connectivity index (χ1) is 13.8. The predicted octanol–water partition coefficient (Wildman–Crippen LogP) is 2.04. The van der Waals surface area contributed by atoms with E-state index in [1.54, 1.807) is 0 Å². The highest BCUT2D eigenvalue weighted by Crippen LogP contribution is 2.36. The molecule has 0 N–H and O–H groups in total. The Balaban J connectivity index is 2.13. The van der Waals surface area contributed by atoms with Crippen molar-refractivity contribution in [3.63, 3.8) is 0 Å². The molecule has 0 atom stereocenters. The van der Waals surface area contributed by atoms with Crippen molar-refractivity contribution in [1.82, 2.24) is 0 Å². The topological polar surface area (TPSA) is 125 Å². The van der Waals surface area contributed by atoms with Crippen molar-refractivity contribution in [1.29, 1.82) is 0 Å². The van der Waals surface area contributed by atoms with Gasteiger partial charge in [0.15, 0.2) is 11.5 Å². The van der Waals surface area contributed by atoms with Crippen molar-refractivity contribution >= 4 is 27.4 Å². The molecule has 0 amide bonds. The molecule has 0 bridgehead atoms. The Labute approximate surface area is 166 Å². The Bertz CT molecular complexity index is 1070. The Morgan fingerprint density at radius 2 is 1.90 bits per heavy atom. The molecule has 2 aromatic carbocycles. The average molecular weight is 422 g/mol. The summed E-state index contributed by atoms with van der Waals surface area (Å²) in [6.45, 7) is 1.37. The minimum absolute atomic E-state index is 0.000473. The lowest BCUT2D eigenvalue weighted by molar-refractivity contribution is -0.385. The Kier molecular flexibility index (Phi) is 5.59. The van der Waals surface area contributed by atoms with E-state index < -0.39 is 27.5 Å². The molecule has 0 fully saturated rings. The summed E-state index contributed by atoms with van der Waals surface area (Å²) in [7, 11) is -3.16. The molecular formula is C18H18N2O8S. The van der Waals surface area contributed by atoms with Crippen LogP contribution in [-0.2, 0) is 19.6 Å². The van der Waals surface area contributed by atoms with E-state index in [1.165, 1.54) is 43.3 Å². The SMILES string of the molecule is COC(=O)CN(c1cccc([N+](=O)[O-])c1C)S(=O)(=O)c1ccc2c(c1)OCCO2. The average Bonchev–Trinajstić information content (AvgIpc) is 2.71. The van der Waals surface area contributed by atoms with Crippen LogP contribution in [-0.4, -0.2) is 46.2 Å². The number of nitrogens with zero attached hydrogens (tertiary/aromatic N) is 2. The summed E-state index contributed by atoms with van der Waals surface area (Å²) in [6, 6.07) is 8.06. The lowest BCUT2D eigenvalue weighted by atomic mass is 10.1. The van der Waals surface area contributed by atoms with E-state index in [2.05, 4.69) is 4.74 Å². The van der Waals surface area contributed by atoms with Gasteiger partial charge in [-0.1, -0.05) is 6.07 Å².